The number of carbonyl (C=O) groups is 1. The van der Waals surface area contributed by atoms with E-state index in [-0.39, 0.29) is 3.92 Å². The first-order valence-corrected chi connectivity index (χ1v) is 5.12. The summed E-state index contributed by atoms with van der Waals surface area (Å²) in [7, 11) is 0. The van der Waals surface area contributed by atoms with Gasteiger partial charge in [-0.1, -0.05) is 29.5 Å². The van der Waals surface area contributed by atoms with Crippen LogP contribution in [0.15, 0.2) is 0 Å². The molecule has 0 aliphatic rings. The summed E-state index contributed by atoms with van der Waals surface area (Å²) in [6, 6.07) is -0.693. The molecule has 0 aromatic carbocycles. The lowest BCUT2D eigenvalue weighted by atomic mass is 10.5. The Morgan fingerprint density at radius 3 is 2.73 bits per heavy atom. The van der Waals surface area contributed by atoms with Crippen LogP contribution in [-0.4, -0.2) is 25.3 Å². The molecular weight excluding hydrogens is 283 g/mol. The third-order valence-electron chi connectivity index (χ3n) is 0.720. The lowest BCUT2D eigenvalue weighted by Crippen LogP contribution is -2.38. The minimum absolute atomic E-state index is 0.276. The Hall–Kier alpha value is 0.110. The van der Waals surface area contributed by atoms with Crippen LogP contribution in [0.3, 0.4) is 0 Å². The maximum Gasteiger partial charge on any atom is 0.325 e. The van der Waals surface area contributed by atoms with Crippen LogP contribution >= 0.6 is 22.6 Å². The van der Waals surface area contributed by atoms with Crippen molar-refractivity contribution in [2.24, 2.45) is 0 Å². The van der Waals surface area contributed by atoms with E-state index in [0.29, 0.717) is 6.54 Å². The predicted octanol–water partition coefficient (Wildman–Crippen LogP) is -0.0968. The monoisotopic (exact) mass is 291 g/mol. The Balaban J connectivity index is 3.46. The van der Waals surface area contributed by atoms with Crippen molar-refractivity contribution in [3.63, 3.8) is 0 Å². The van der Waals surface area contributed by atoms with Crippen LogP contribution in [0.2, 0.25) is 0 Å². The van der Waals surface area contributed by atoms with Gasteiger partial charge in [0.05, 0.1) is 0 Å². The van der Waals surface area contributed by atoms with E-state index in [1.165, 1.54) is 0 Å². The van der Waals surface area contributed by atoms with Gasteiger partial charge in [-0.3, -0.25) is 8.93 Å². The van der Waals surface area contributed by atoms with Gasteiger partial charge < -0.3 is 9.87 Å². The van der Waals surface area contributed by atoms with Crippen molar-refractivity contribution in [3.05, 3.63) is 0 Å². The summed E-state index contributed by atoms with van der Waals surface area (Å²) in [4.78, 5) is 10.5. The highest BCUT2D eigenvalue weighted by Crippen LogP contribution is 1.94. The number of alkyl halides is 1. The zero-order chi connectivity index (χ0) is 8.85. The number of rotatable bonds is 3. The number of nitrogens with one attached hydrogen (secondary N) is 2. The third kappa shape index (κ3) is 8.01. The quantitative estimate of drug-likeness (QED) is 0.433. The van der Waals surface area contributed by atoms with Crippen LogP contribution in [0.4, 0.5) is 4.79 Å². The lowest BCUT2D eigenvalue weighted by Gasteiger charge is -2.09. The first kappa shape index (κ1) is 11.1. The van der Waals surface area contributed by atoms with Gasteiger partial charge in [-0.05, 0) is 0 Å². The van der Waals surface area contributed by atoms with Gasteiger partial charge in [-0.25, -0.2) is 4.79 Å². The average molecular weight is 291 g/mol. The first-order valence-electron chi connectivity index (χ1n) is 2.80. The summed E-state index contributed by atoms with van der Waals surface area (Å²) in [5.41, 5.74) is 0. The predicted molar refractivity (Wildman–Crippen MR) is 48.9 cm³/mol. The molecule has 66 valence electrons. The van der Waals surface area contributed by atoms with Gasteiger partial charge in [0.1, 0.15) is 0 Å². The number of hydrogen-bond acceptors (Lipinski definition) is 3. The fourth-order valence-corrected chi connectivity index (χ4v) is 0.789. The van der Waals surface area contributed by atoms with Gasteiger partial charge in [-0.2, -0.15) is 0 Å². The van der Waals surface area contributed by atoms with Crippen molar-refractivity contribution in [1.82, 2.24) is 10.0 Å². The highest BCUT2D eigenvalue weighted by atomic mass is 127. The number of carbonyl (C=O) groups excluding carboxylic acids is 1. The second kappa shape index (κ2) is 5.72. The van der Waals surface area contributed by atoms with Gasteiger partial charge in [-0.15, -0.1) is 0 Å². The van der Waals surface area contributed by atoms with Crippen molar-refractivity contribution in [2.45, 2.75) is 10.8 Å². The Bertz CT molecular complexity index is 163. The summed E-state index contributed by atoms with van der Waals surface area (Å²) in [5, 5.41) is 2.36. The molecule has 0 heterocycles. The molecule has 0 rings (SSSR count). The average Bonchev–Trinajstić information content (AvgIpc) is 1.82. The van der Waals surface area contributed by atoms with E-state index in [1.807, 2.05) is 6.92 Å². The third-order valence-corrected chi connectivity index (χ3v) is 1.51. The van der Waals surface area contributed by atoms with E-state index >= 15 is 0 Å². The van der Waals surface area contributed by atoms with E-state index in [0.717, 1.165) is 0 Å². The smallest absolute Gasteiger partial charge is 0.325 e. The van der Waals surface area contributed by atoms with Gasteiger partial charge in [0.2, 0.25) is 0 Å². The van der Waals surface area contributed by atoms with Gasteiger partial charge in [0.25, 0.3) is 0 Å². The fourth-order valence-electron chi connectivity index (χ4n) is 0.345. The van der Waals surface area contributed by atoms with E-state index in [2.05, 4.69) is 27.9 Å². The number of urea groups is 1. The fraction of sp³-hybridized carbons (Fsp3) is 0.750. The molecule has 0 radical (unpaired) electrons. The minimum atomic E-state index is -2.52. The Morgan fingerprint density at radius 1 is 1.82 bits per heavy atom. The van der Waals surface area contributed by atoms with Crippen LogP contribution in [0.5, 0.6) is 0 Å². The van der Waals surface area contributed by atoms with E-state index in [4.69, 9.17) is 0 Å². The molecule has 2 unspecified atom stereocenters. The maximum absolute atomic E-state index is 10.5. The lowest BCUT2D eigenvalue weighted by molar-refractivity contribution is 0.246. The first-order chi connectivity index (χ1) is 5.02. The molecule has 0 saturated carbocycles. The zero-order valence-corrected chi connectivity index (χ0v) is 8.77. The van der Waals surface area contributed by atoms with Gasteiger partial charge in [0.15, 0.2) is 0 Å². The maximum atomic E-state index is 10.5. The summed E-state index contributed by atoms with van der Waals surface area (Å²) in [5.74, 6) is 0. The van der Waals surface area contributed by atoms with Crippen molar-refractivity contribution < 1.29 is 13.6 Å². The molecule has 7 heteroatoms. The molecule has 2 amide bonds. The molecule has 0 saturated heterocycles. The van der Waals surface area contributed by atoms with Crippen molar-refractivity contribution in [1.29, 1.82) is 0 Å². The van der Waals surface area contributed by atoms with Crippen LogP contribution in [-0.2, 0) is 11.3 Å². The van der Waals surface area contributed by atoms with Crippen molar-refractivity contribution in [2.75, 3.05) is 6.54 Å². The Morgan fingerprint density at radius 2 is 2.36 bits per heavy atom. The standard InChI is InChI=1S/C4H9IN2O3S/c1-3(5)2-6-4(8)7-11(9)10/h3H,2H2,1H3,(H,9,10)(H2,6,7,8)/p-1. The van der Waals surface area contributed by atoms with E-state index in [1.54, 1.807) is 4.72 Å². The van der Waals surface area contributed by atoms with Crippen LogP contribution in [0, 0.1) is 0 Å². The number of hydrogen-bond donors (Lipinski definition) is 2. The molecule has 5 nitrogen and oxygen atoms in total. The van der Waals surface area contributed by atoms with Gasteiger partial charge >= 0.3 is 6.03 Å². The molecule has 0 bridgehead atoms. The SMILES string of the molecule is CC(I)CNC(=O)NS(=O)[O-]. The van der Waals surface area contributed by atoms with Crippen LogP contribution in [0.1, 0.15) is 6.92 Å². The number of halogens is 1. The minimum Gasteiger partial charge on any atom is -0.755 e. The largest absolute Gasteiger partial charge is 0.755 e. The highest BCUT2D eigenvalue weighted by molar-refractivity contribution is 14.1. The van der Waals surface area contributed by atoms with Crippen molar-refractivity contribution >= 4 is 39.9 Å². The summed E-state index contributed by atoms with van der Waals surface area (Å²) >= 11 is -0.412. The molecule has 0 aliphatic carbocycles. The molecule has 0 aliphatic heterocycles. The molecule has 0 spiro atoms. The van der Waals surface area contributed by atoms with Crippen LogP contribution in [0.25, 0.3) is 0 Å². The zero-order valence-electron chi connectivity index (χ0n) is 5.80. The molecule has 0 aromatic rings. The topological polar surface area (TPSA) is 81.3 Å². The summed E-state index contributed by atoms with van der Waals surface area (Å²) in [6.45, 7) is 2.35. The summed E-state index contributed by atoms with van der Waals surface area (Å²) < 4.78 is 21.7. The molecular formula is C4H8IN2O3S-. The van der Waals surface area contributed by atoms with E-state index in [9.17, 15) is 13.6 Å². The van der Waals surface area contributed by atoms with Crippen molar-refractivity contribution in [3.8, 4) is 0 Å². The molecule has 0 fully saturated rings. The molecule has 2 atom stereocenters. The summed E-state index contributed by atoms with van der Waals surface area (Å²) in [6.07, 6.45) is 0. The molecule has 0 aromatic heterocycles. The van der Waals surface area contributed by atoms with Crippen LogP contribution < -0.4 is 10.0 Å². The Labute approximate surface area is 80.9 Å². The normalized spacial score (nSPS) is 15.2. The highest BCUT2D eigenvalue weighted by Gasteiger charge is 2.00. The second-order valence-electron chi connectivity index (χ2n) is 1.83. The molecule has 2 N–H and O–H groups in total. The Kier molecular flexibility index (Phi) is 5.78. The molecule has 11 heavy (non-hydrogen) atoms. The van der Waals surface area contributed by atoms with Gasteiger partial charge in [0, 0.05) is 21.7 Å². The van der Waals surface area contributed by atoms with E-state index < -0.39 is 17.3 Å². The second-order valence-corrected chi connectivity index (χ2v) is 4.63. The number of amides is 2.